The molecule has 5 heteroatoms. The second-order valence-electron chi connectivity index (χ2n) is 4.15. The third-order valence-electron chi connectivity index (χ3n) is 2.47. The van der Waals surface area contributed by atoms with Gasteiger partial charge in [-0.15, -0.1) is 0 Å². The second-order valence-corrected chi connectivity index (χ2v) is 4.15. The normalized spacial score (nSPS) is 11.9. The van der Waals surface area contributed by atoms with E-state index in [0.29, 0.717) is 12.0 Å². The molecule has 0 aliphatic heterocycles. The summed E-state index contributed by atoms with van der Waals surface area (Å²) in [6, 6.07) is 6.52. The highest BCUT2D eigenvalue weighted by Gasteiger charge is 2.09. The third kappa shape index (κ3) is 4.55. The number of aliphatic carboxylic acids is 1. The predicted octanol–water partition coefficient (Wildman–Crippen LogP) is 0.814. The van der Waals surface area contributed by atoms with Crippen LogP contribution in [0.4, 0.5) is 0 Å². The molecule has 0 fully saturated rings. The molecule has 1 rings (SSSR count). The van der Waals surface area contributed by atoms with E-state index in [1.165, 1.54) is 0 Å². The fourth-order valence-electron chi connectivity index (χ4n) is 1.47. The molecule has 1 unspecified atom stereocenters. The first-order valence-corrected chi connectivity index (χ1v) is 5.75. The Balaban J connectivity index is 2.69. The Morgan fingerprint density at radius 3 is 2.72 bits per heavy atom. The number of hydrogen-bond donors (Lipinski definition) is 3. The highest BCUT2D eigenvalue weighted by atomic mass is 16.4. The molecule has 0 saturated heterocycles. The molecule has 0 aliphatic carbocycles. The summed E-state index contributed by atoms with van der Waals surface area (Å²) in [7, 11) is 0. The van der Waals surface area contributed by atoms with Gasteiger partial charge in [-0.25, -0.2) is 0 Å². The topological polar surface area (TPSA) is 86.6 Å². The monoisotopic (exact) mass is 251 g/mol. The van der Waals surface area contributed by atoms with Crippen molar-refractivity contribution in [3.05, 3.63) is 35.4 Å². The van der Waals surface area contributed by atoms with Crippen LogP contribution in [0.5, 0.6) is 0 Å². The number of carbonyl (C=O) groups is 2. The van der Waals surface area contributed by atoms with Crippen molar-refractivity contribution in [2.75, 3.05) is 6.61 Å². The smallest absolute Gasteiger partial charge is 0.303 e. The number of rotatable bonds is 6. The van der Waals surface area contributed by atoms with Crippen molar-refractivity contribution >= 4 is 11.9 Å². The van der Waals surface area contributed by atoms with Crippen LogP contribution in [0, 0.1) is 0 Å². The third-order valence-corrected chi connectivity index (χ3v) is 2.47. The zero-order valence-corrected chi connectivity index (χ0v) is 10.2. The number of aliphatic hydroxyl groups excluding tert-OH is 1. The summed E-state index contributed by atoms with van der Waals surface area (Å²) < 4.78 is 0. The largest absolute Gasteiger partial charge is 0.481 e. The quantitative estimate of drug-likeness (QED) is 0.698. The molecule has 0 radical (unpaired) electrons. The van der Waals surface area contributed by atoms with Crippen molar-refractivity contribution in [3.8, 4) is 0 Å². The van der Waals surface area contributed by atoms with Gasteiger partial charge in [-0.3, -0.25) is 9.59 Å². The first-order valence-electron chi connectivity index (χ1n) is 5.75. The summed E-state index contributed by atoms with van der Waals surface area (Å²) in [5, 5.41) is 20.1. The lowest BCUT2D eigenvalue weighted by molar-refractivity contribution is -0.136. The Labute approximate surface area is 105 Å². The maximum atomic E-state index is 11.8. The number of carbonyl (C=O) groups excluding carboxylic acids is 1. The van der Waals surface area contributed by atoms with Gasteiger partial charge in [0.15, 0.2) is 0 Å². The average molecular weight is 251 g/mol. The maximum Gasteiger partial charge on any atom is 0.303 e. The number of aryl methyl sites for hydroxylation is 1. The molecule has 1 amide bonds. The lowest BCUT2D eigenvalue weighted by Crippen LogP contribution is -2.35. The van der Waals surface area contributed by atoms with Crippen molar-refractivity contribution in [1.29, 1.82) is 0 Å². The van der Waals surface area contributed by atoms with Gasteiger partial charge in [0.05, 0.1) is 6.61 Å². The van der Waals surface area contributed by atoms with Crippen LogP contribution in [-0.2, 0) is 11.2 Å². The molecule has 0 saturated carbocycles. The standard InChI is InChI=1S/C13H17NO4/c1-9(8-15)14-13(18)11-4-2-3-10(7-11)5-6-12(16)17/h2-4,7,9,15H,5-6,8H2,1H3,(H,14,18)(H,16,17). The van der Waals surface area contributed by atoms with Crippen LogP contribution in [-0.4, -0.2) is 34.7 Å². The van der Waals surface area contributed by atoms with Crippen LogP contribution in [0.3, 0.4) is 0 Å². The Hall–Kier alpha value is -1.88. The van der Waals surface area contributed by atoms with E-state index in [0.717, 1.165) is 5.56 Å². The summed E-state index contributed by atoms with van der Waals surface area (Å²) in [4.78, 5) is 22.2. The molecule has 0 spiro atoms. The van der Waals surface area contributed by atoms with E-state index >= 15 is 0 Å². The van der Waals surface area contributed by atoms with Gasteiger partial charge in [0.25, 0.3) is 5.91 Å². The van der Waals surface area contributed by atoms with Crippen LogP contribution < -0.4 is 5.32 Å². The van der Waals surface area contributed by atoms with Gasteiger partial charge in [0.1, 0.15) is 0 Å². The SMILES string of the molecule is CC(CO)NC(=O)c1cccc(CCC(=O)O)c1. The molecule has 0 aromatic heterocycles. The number of carboxylic acid groups (broad SMARTS) is 1. The molecule has 3 N–H and O–H groups in total. The first kappa shape index (κ1) is 14.2. The van der Waals surface area contributed by atoms with Crippen molar-refractivity contribution in [2.45, 2.75) is 25.8 Å². The first-order chi connectivity index (χ1) is 8.52. The lowest BCUT2D eigenvalue weighted by Gasteiger charge is -2.11. The van der Waals surface area contributed by atoms with E-state index < -0.39 is 5.97 Å². The number of nitrogens with one attached hydrogen (secondary N) is 1. The Bertz CT molecular complexity index is 431. The van der Waals surface area contributed by atoms with Gasteiger partial charge in [-0.2, -0.15) is 0 Å². The maximum absolute atomic E-state index is 11.8. The fraction of sp³-hybridized carbons (Fsp3) is 0.385. The molecule has 5 nitrogen and oxygen atoms in total. The molecule has 0 heterocycles. The molecular formula is C13H17NO4. The van der Waals surface area contributed by atoms with Crippen molar-refractivity contribution in [2.24, 2.45) is 0 Å². The average Bonchev–Trinajstić information content (AvgIpc) is 2.36. The second kappa shape index (κ2) is 6.76. The summed E-state index contributed by atoms with van der Waals surface area (Å²) in [5.41, 5.74) is 1.28. The highest BCUT2D eigenvalue weighted by Crippen LogP contribution is 2.08. The summed E-state index contributed by atoms with van der Waals surface area (Å²) in [5.74, 6) is -1.13. The Morgan fingerprint density at radius 2 is 2.11 bits per heavy atom. The van der Waals surface area contributed by atoms with E-state index in [4.69, 9.17) is 10.2 Å². The van der Waals surface area contributed by atoms with E-state index in [2.05, 4.69) is 5.32 Å². The van der Waals surface area contributed by atoms with Gasteiger partial charge in [-0.05, 0) is 31.0 Å². The molecular weight excluding hydrogens is 234 g/mol. The molecule has 1 atom stereocenters. The molecule has 1 aromatic rings. The Morgan fingerprint density at radius 1 is 1.39 bits per heavy atom. The van der Waals surface area contributed by atoms with E-state index in [9.17, 15) is 9.59 Å². The predicted molar refractivity (Wildman–Crippen MR) is 66.4 cm³/mol. The molecule has 0 bridgehead atoms. The minimum atomic E-state index is -0.862. The number of aliphatic hydroxyl groups is 1. The minimum absolute atomic E-state index is 0.0398. The number of carboxylic acids is 1. The van der Waals surface area contributed by atoms with Gasteiger partial charge in [0, 0.05) is 18.0 Å². The van der Waals surface area contributed by atoms with Crippen LogP contribution >= 0.6 is 0 Å². The van der Waals surface area contributed by atoms with Gasteiger partial charge < -0.3 is 15.5 Å². The van der Waals surface area contributed by atoms with Crippen molar-refractivity contribution < 1.29 is 19.8 Å². The van der Waals surface area contributed by atoms with E-state index in [1.807, 2.05) is 0 Å². The molecule has 98 valence electrons. The Kier molecular flexibility index (Phi) is 5.32. The van der Waals surface area contributed by atoms with Gasteiger partial charge in [-0.1, -0.05) is 12.1 Å². The van der Waals surface area contributed by atoms with Crippen molar-refractivity contribution in [1.82, 2.24) is 5.32 Å². The summed E-state index contributed by atoms with van der Waals surface area (Å²) >= 11 is 0. The van der Waals surface area contributed by atoms with E-state index in [-0.39, 0.29) is 25.0 Å². The highest BCUT2D eigenvalue weighted by molar-refractivity contribution is 5.94. The van der Waals surface area contributed by atoms with Crippen LogP contribution in [0.25, 0.3) is 0 Å². The van der Waals surface area contributed by atoms with E-state index in [1.54, 1.807) is 31.2 Å². The number of amides is 1. The lowest BCUT2D eigenvalue weighted by atomic mass is 10.1. The summed E-state index contributed by atoms with van der Waals surface area (Å²) in [6.45, 7) is 1.58. The number of benzene rings is 1. The number of hydrogen-bond acceptors (Lipinski definition) is 3. The van der Waals surface area contributed by atoms with Crippen LogP contribution in [0.15, 0.2) is 24.3 Å². The zero-order chi connectivity index (χ0) is 13.5. The van der Waals surface area contributed by atoms with Crippen LogP contribution in [0.1, 0.15) is 29.3 Å². The fourth-order valence-corrected chi connectivity index (χ4v) is 1.47. The van der Waals surface area contributed by atoms with Crippen molar-refractivity contribution in [3.63, 3.8) is 0 Å². The minimum Gasteiger partial charge on any atom is -0.481 e. The molecule has 0 aliphatic rings. The van der Waals surface area contributed by atoms with Gasteiger partial charge >= 0.3 is 5.97 Å². The zero-order valence-electron chi connectivity index (χ0n) is 10.2. The summed E-state index contributed by atoms with van der Waals surface area (Å²) in [6.07, 6.45) is 0.435. The van der Waals surface area contributed by atoms with Gasteiger partial charge in [0.2, 0.25) is 0 Å². The molecule has 1 aromatic carbocycles. The van der Waals surface area contributed by atoms with Crippen LogP contribution in [0.2, 0.25) is 0 Å². The molecule has 18 heavy (non-hydrogen) atoms.